The van der Waals surface area contributed by atoms with Gasteiger partial charge in [-0.3, -0.25) is 9.78 Å². The number of carbonyl (C=O) groups excluding carboxylic acids is 1. The molecule has 0 unspecified atom stereocenters. The Kier molecular flexibility index (Phi) is 4.40. The average Bonchev–Trinajstić information content (AvgIpc) is 2.69. The first-order valence-corrected chi connectivity index (χ1v) is 8.86. The van der Waals surface area contributed by atoms with E-state index in [2.05, 4.69) is 34.4 Å². The SMILES string of the molecule is CN1CCCc2ccc(NC(=O)c3cccc(-c4cccnc4)c3)cc21. The molecule has 4 heteroatoms. The van der Waals surface area contributed by atoms with Crippen molar-refractivity contribution in [2.75, 3.05) is 23.8 Å². The molecule has 0 atom stereocenters. The van der Waals surface area contributed by atoms with Crippen molar-refractivity contribution in [3.63, 3.8) is 0 Å². The van der Waals surface area contributed by atoms with Gasteiger partial charge in [-0.1, -0.05) is 24.3 Å². The summed E-state index contributed by atoms with van der Waals surface area (Å²) in [6.45, 7) is 1.05. The molecule has 26 heavy (non-hydrogen) atoms. The second-order valence-electron chi connectivity index (χ2n) is 6.65. The largest absolute Gasteiger partial charge is 0.374 e. The summed E-state index contributed by atoms with van der Waals surface area (Å²) in [4.78, 5) is 19.1. The standard InChI is InChI=1S/C22H21N3O/c1-25-12-4-8-16-9-10-20(14-21(16)25)24-22(26)18-6-2-5-17(13-18)19-7-3-11-23-15-19/h2-3,5-7,9-11,13-15H,4,8,12H2,1H3,(H,24,26). The van der Waals surface area contributed by atoms with Crippen LogP contribution in [-0.4, -0.2) is 24.5 Å². The fourth-order valence-corrected chi connectivity index (χ4v) is 3.41. The molecule has 1 aliphatic rings. The highest BCUT2D eigenvalue weighted by Crippen LogP contribution is 2.29. The smallest absolute Gasteiger partial charge is 0.255 e. The molecule has 1 N–H and O–H groups in total. The Hall–Kier alpha value is -3.14. The number of aryl methyl sites for hydroxylation is 1. The van der Waals surface area contributed by atoms with E-state index in [0.717, 1.165) is 29.8 Å². The molecule has 130 valence electrons. The number of fused-ring (bicyclic) bond motifs is 1. The Labute approximate surface area is 153 Å². The summed E-state index contributed by atoms with van der Waals surface area (Å²) in [6, 6.07) is 17.7. The van der Waals surface area contributed by atoms with Crippen LogP contribution in [0.3, 0.4) is 0 Å². The number of hydrogen-bond acceptors (Lipinski definition) is 3. The van der Waals surface area contributed by atoms with E-state index in [9.17, 15) is 4.79 Å². The molecule has 0 saturated heterocycles. The highest BCUT2D eigenvalue weighted by Gasteiger charge is 2.15. The number of hydrogen-bond donors (Lipinski definition) is 1. The molecule has 2 heterocycles. The van der Waals surface area contributed by atoms with Crippen LogP contribution in [0.1, 0.15) is 22.3 Å². The van der Waals surface area contributed by atoms with Gasteiger partial charge in [0.05, 0.1) is 0 Å². The van der Waals surface area contributed by atoms with Crippen molar-refractivity contribution in [3.05, 3.63) is 78.1 Å². The molecule has 1 amide bonds. The highest BCUT2D eigenvalue weighted by atomic mass is 16.1. The lowest BCUT2D eigenvalue weighted by Crippen LogP contribution is -2.24. The molecule has 2 aromatic carbocycles. The van der Waals surface area contributed by atoms with E-state index in [0.29, 0.717) is 5.56 Å². The van der Waals surface area contributed by atoms with Gasteiger partial charge in [0.2, 0.25) is 0 Å². The molecular weight excluding hydrogens is 322 g/mol. The zero-order chi connectivity index (χ0) is 17.9. The first kappa shape index (κ1) is 16.3. The summed E-state index contributed by atoms with van der Waals surface area (Å²) in [7, 11) is 2.10. The zero-order valence-corrected chi connectivity index (χ0v) is 14.8. The van der Waals surface area contributed by atoms with Crippen LogP contribution in [0.25, 0.3) is 11.1 Å². The molecule has 0 aliphatic carbocycles. The predicted octanol–water partition coefficient (Wildman–Crippen LogP) is 4.38. The van der Waals surface area contributed by atoms with Gasteiger partial charge >= 0.3 is 0 Å². The summed E-state index contributed by atoms with van der Waals surface area (Å²) >= 11 is 0. The molecule has 0 saturated carbocycles. The summed E-state index contributed by atoms with van der Waals surface area (Å²) in [5, 5.41) is 3.03. The Balaban J connectivity index is 1.57. The second kappa shape index (κ2) is 7.00. The Morgan fingerprint density at radius 2 is 1.96 bits per heavy atom. The minimum absolute atomic E-state index is 0.103. The number of amides is 1. The molecule has 4 nitrogen and oxygen atoms in total. The lowest BCUT2D eigenvalue weighted by molar-refractivity contribution is 0.102. The number of nitrogens with zero attached hydrogens (tertiary/aromatic N) is 2. The van der Waals surface area contributed by atoms with E-state index in [1.54, 1.807) is 12.4 Å². The Bertz CT molecular complexity index is 937. The van der Waals surface area contributed by atoms with Crippen molar-refractivity contribution in [2.24, 2.45) is 0 Å². The molecule has 0 spiro atoms. The number of rotatable bonds is 3. The Morgan fingerprint density at radius 1 is 1.08 bits per heavy atom. The normalized spacial score (nSPS) is 13.2. The van der Waals surface area contributed by atoms with E-state index in [4.69, 9.17) is 0 Å². The lowest BCUT2D eigenvalue weighted by Gasteiger charge is -2.28. The van der Waals surface area contributed by atoms with E-state index in [1.807, 2.05) is 42.5 Å². The maximum Gasteiger partial charge on any atom is 0.255 e. The topological polar surface area (TPSA) is 45.2 Å². The van der Waals surface area contributed by atoms with Crippen LogP contribution < -0.4 is 10.2 Å². The molecular formula is C22H21N3O. The van der Waals surface area contributed by atoms with Gasteiger partial charge in [0.1, 0.15) is 0 Å². The van der Waals surface area contributed by atoms with Crippen LogP contribution in [0, 0.1) is 0 Å². The molecule has 3 aromatic rings. The summed E-state index contributed by atoms with van der Waals surface area (Å²) in [6.07, 6.45) is 5.82. The van der Waals surface area contributed by atoms with Gasteiger partial charge < -0.3 is 10.2 Å². The van der Waals surface area contributed by atoms with E-state index in [1.165, 1.54) is 17.7 Å². The third-order valence-corrected chi connectivity index (χ3v) is 4.81. The summed E-state index contributed by atoms with van der Waals surface area (Å²) < 4.78 is 0. The second-order valence-corrected chi connectivity index (χ2v) is 6.65. The molecule has 1 aliphatic heterocycles. The van der Waals surface area contributed by atoms with Crippen LogP contribution in [0.15, 0.2) is 67.0 Å². The van der Waals surface area contributed by atoms with Crippen LogP contribution >= 0.6 is 0 Å². The molecule has 0 radical (unpaired) electrons. The van der Waals surface area contributed by atoms with E-state index < -0.39 is 0 Å². The third kappa shape index (κ3) is 3.31. The maximum absolute atomic E-state index is 12.7. The van der Waals surface area contributed by atoms with Crippen molar-refractivity contribution >= 4 is 17.3 Å². The third-order valence-electron chi connectivity index (χ3n) is 4.81. The zero-order valence-electron chi connectivity index (χ0n) is 14.8. The van der Waals surface area contributed by atoms with Crippen LogP contribution in [0.5, 0.6) is 0 Å². The van der Waals surface area contributed by atoms with Gasteiger partial charge in [-0.25, -0.2) is 0 Å². The van der Waals surface area contributed by atoms with Crippen LogP contribution in [-0.2, 0) is 6.42 Å². The van der Waals surface area contributed by atoms with Crippen molar-refractivity contribution in [1.29, 1.82) is 0 Å². The first-order valence-electron chi connectivity index (χ1n) is 8.86. The fraction of sp³-hybridized carbons (Fsp3) is 0.182. The average molecular weight is 343 g/mol. The Morgan fingerprint density at radius 3 is 2.81 bits per heavy atom. The van der Waals surface area contributed by atoms with Gasteiger partial charge in [0, 0.05) is 48.5 Å². The number of pyridine rings is 1. The summed E-state index contributed by atoms with van der Waals surface area (Å²) in [5.74, 6) is -0.103. The number of anilines is 2. The van der Waals surface area contributed by atoms with E-state index >= 15 is 0 Å². The summed E-state index contributed by atoms with van der Waals surface area (Å²) in [5.41, 5.74) is 5.99. The van der Waals surface area contributed by atoms with Crippen LogP contribution in [0.4, 0.5) is 11.4 Å². The maximum atomic E-state index is 12.7. The first-order chi connectivity index (χ1) is 12.7. The van der Waals surface area contributed by atoms with Crippen molar-refractivity contribution < 1.29 is 4.79 Å². The minimum Gasteiger partial charge on any atom is -0.374 e. The lowest BCUT2D eigenvalue weighted by atomic mass is 10.0. The van der Waals surface area contributed by atoms with Gasteiger partial charge in [-0.2, -0.15) is 0 Å². The number of nitrogens with one attached hydrogen (secondary N) is 1. The minimum atomic E-state index is -0.103. The monoisotopic (exact) mass is 343 g/mol. The molecule has 4 rings (SSSR count). The van der Waals surface area contributed by atoms with Gasteiger partial charge in [0.25, 0.3) is 5.91 Å². The van der Waals surface area contributed by atoms with E-state index in [-0.39, 0.29) is 5.91 Å². The number of aromatic nitrogens is 1. The van der Waals surface area contributed by atoms with Crippen molar-refractivity contribution in [1.82, 2.24) is 4.98 Å². The fourth-order valence-electron chi connectivity index (χ4n) is 3.41. The highest BCUT2D eigenvalue weighted by molar-refractivity contribution is 6.05. The molecule has 0 bridgehead atoms. The quantitative estimate of drug-likeness (QED) is 0.767. The van der Waals surface area contributed by atoms with Gasteiger partial charge in [0.15, 0.2) is 0 Å². The van der Waals surface area contributed by atoms with Gasteiger partial charge in [-0.05, 0) is 54.3 Å². The van der Waals surface area contributed by atoms with Crippen molar-refractivity contribution in [3.8, 4) is 11.1 Å². The predicted molar refractivity (Wildman–Crippen MR) is 106 cm³/mol. The number of carbonyl (C=O) groups is 1. The van der Waals surface area contributed by atoms with Crippen LogP contribution in [0.2, 0.25) is 0 Å². The molecule has 1 aromatic heterocycles. The number of benzene rings is 2. The van der Waals surface area contributed by atoms with Gasteiger partial charge in [-0.15, -0.1) is 0 Å². The molecule has 0 fully saturated rings. The van der Waals surface area contributed by atoms with Crippen molar-refractivity contribution in [2.45, 2.75) is 12.8 Å².